The van der Waals surface area contributed by atoms with Crippen molar-refractivity contribution in [3.63, 3.8) is 0 Å². The zero-order valence-corrected chi connectivity index (χ0v) is 11.5. The Hall–Kier alpha value is -2.44. The van der Waals surface area contributed by atoms with E-state index in [1.807, 2.05) is 13.8 Å². The van der Waals surface area contributed by atoms with Crippen molar-refractivity contribution < 1.29 is 9.53 Å². The van der Waals surface area contributed by atoms with E-state index in [1.165, 1.54) is 6.33 Å². The highest BCUT2D eigenvalue weighted by Crippen LogP contribution is 2.16. The van der Waals surface area contributed by atoms with Gasteiger partial charge < -0.3 is 10.1 Å². The van der Waals surface area contributed by atoms with E-state index in [0.29, 0.717) is 23.9 Å². The van der Waals surface area contributed by atoms with E-state index in [4.69, 9.17) is 4.74 Å². The molecule has 0 bridgehead atoms. The minimum Gasteiger partial charge on any atom is -0.477 e. The summed E-state index contributed by atoms with van der Waals surface area (Å²) in [5.41, 5.74) is 1.23. The maximum Gasteiger partial charge on any atom is 0.257 e. The number of pyridine rings is 1. The number of rotatable bonds is 6. The Balaban J connectivity index is 2.07. The second kappa shape index (κ2) is 6.65. The van der Waals surface area contributed by atoms with Crippen LogP contribution in [0.25, 0.3) is 0 Å². The van der Waals surface area contributed by atoms with E-state index in [0.717, 1.165) is 12.1 Å². The summed E-state index contributed by atoms with van der Waals surface area (Å²) in [5, 5.41) is 9.14. The monoisotopic (exact) mass is 275 g/mol. The molecule has 2 N–H and O–H groups in total. The van der Waals surface area contributed by atoms with Crippen LogP contribution in [-0.2, 0) is 6.54 Å². The fourth-order valence-electron chi connectivity index (χ4n) is 1.59. The van der Waals surface area contributed by atoms with Crippen LogP contribution in [0, 0.1) is 6.92 Å². The number of carbonyl (C=O) groups is 1. The lowest BCUT2D eigenvalue weighted by molar-refractivity contribution is 0.0945. The van der Waals surface area contributed by atoms with Crippen molar-refractivity contribution in [1.29, 1.82) is 0 Å². The minimum absolute atomic E-state index is 0.250. The Bertz CT molecular complexity index is 568. The number of ether oxygens (including phenoxy) is 1. The van der Waals surface area contributed by atoms with Crippen molar-refractivity contribution in [3.05, 3.63) is 35.5 Å². The van der Waals surface area contributed by atoms with Crippen molar-refractivity contribution >= 4 is 5.91 Å². The number of H-pyrrole nitrogens is 1. The topological polar surface area (TPSA) is 92.8 Å². The smallest absolute Gasteiger partial charge is 0.257 e. The molecule has 0 atom stereocenters. The van der Waals surface area contributed by atoms with E-state index in [1.54, 1.807) is 12.1 Å². The third-order valence-corrected chi connectivity index (χ3v) is 2.57. The molecule has 0 aromatic carbocycles. The Labute approximate surface area is 116 Å². The Morgan fingerprint density at radius 2 is 2.30 bits per heavy atom. The molecule has 0 aliphatic rings. The molecule has 2 aromatic rings. The molecule has 106 valence electrons. The minimum atomic E-state index is -0.250. The third-order valence-electron chi connectivity index (χ3n) is 2.57. The predicted molar refractivity (Wildman–Crippen MR) is 72.3 cm³/mol. The number of hydrogen-bond donors (Lipinski definition) is 2. The predicted octanol–water partition coefficient (Wildman–Crippen LogP) is 1.23. The second-order valence-corrected chi connectivity index (χ2v) is 4.27. The first-order valence-corrected chi connectivity index (χ1v) is 6.43. The van der Waals surface area contributed by atoms with Gasteiger partial charge in [-0.05, 0) is 25.5 Å². The van der Waals surface area contributed by atoms with Crippen LogP contribution in [0.3, 0.4) is 0 Å². The zero-order chi connectivity index (χ0) is 14.4. The third kappa shape index (κ3) is 3.53. The van der Waals surface area contributed by atoms with Crippen molar-refractivity contribution in [2.24, 2.45) is 0 Å². The summed E-state index contributed by atoms with van der Waals surface area (Å²) in [6, 6.07) is 3.49. The van der Waals surface area contributed by atoms with Crippen LogP contribution in [0.2, 0.25) is 0 Å². The van der Waals surface area contributed by atoms with Crippen LogP contribution >= 0.6 is 0 Å². The number of amides is 1. The number of aryl methyl sites for hydroxylation is 1. The van der Waals surface area contributed by atoms with Gasteiger partial charge in [-0.15, -0.1) is 0 Å². The molecular formula is C13H17N5O2. The molecule has 2 aromatic heterocycles. The van der Waals surface area contributed by atoms with Gasteiger partial charge in [-0.3, -0.25) is 9.89 Å². The highest BCUT2D eigenvalue weighted by Gasteiger charge is 2.14. The maximum atomic E-state index is 12.1. The van der Waals surface area contributed by atoms with Gasteiger partial charge in [0.15, 0.2) is 0 Å². The summed E-state index contributed by atoms with van der Waals surface area (Å²) in [4.78, 5) is 20.3. The van der Waals surface area contributed by atoms with E-state index >= 15 is 0 Å². The normalized spacial score (nSPS) is 10.3. The van der Waals surface area contributed by atoms with Crippen LogP contribution in [0.1, 0.15) is 35.2 Å². The molecule has 7 nitrogen and oxygen atoms in total. The summed E-state index contributed by atoms with van der Waals surface area (Å²) in [6.45, 7) is 4.66. The summed E-state index contributed by atoms with van der Waals surface area (Å²) in [5.74, 6) is 0.705. The molecule has 0 saturated carbocycles. The van der Waals surface area contributed by atoms with Crippen molar-refractivity contribution in [2.75, 3.05) is 6.61 Å². The van der Waals surface area contributed by atoms with Crippen LogP contribution in [0.15, 0.2) is 18.5 Å². The number of carbonyl (C=O) groups excluding carboxylic acids is 1. The Morgan fingerprint density at radius 3 is 3.00 bits per heavy atom. The molecule has 0 saturated heterocycles. The Kier molecular flexibility index (Phi) is 4.65. The summed E-state index contributed by atoms with van der Waals surface area (Å²) >= 11 is 0. The maximum absolute atomic E-state index is 12.1. The molecule has 20 heavy (non-hydrogen) atoms. The van der Waals surface area contributed by atoms with Crippen LogP contribution in [0.5, 0.6) is 5.88 Å². The standard InChI is InChI=1S/C13H17N5O2/c1-3-6-20-13-10(5-4-9(2)17-13)12(19)14-7-11-15-8-16-18-11/h4-5,8H,3,6-7H2,1-2H3,(H,14,19)(H,15,16,18). The van der Waals surface area contributed by atoms with E-state index < -0.39 is 0 Å². The number of nitrogens with zero attached hydrogens (tertiary/aromatic N) is 3. The number of nitrogens with one attached hydrogen (secondary N) is 2. The van der Waals surface area contributed by atoms with Gasteiger partial charge in [0.05, 0.1) is 13.2 Å². The van der Waals surface area contributed by atoms with Crippen molar-refractivity contribution in [1.82, 2.24) is 25.5 Å². The fraction of sp³-hybridized carbons (Fsp3) is 0.385. The van der Waals surface area contributed by atoms with Crippen molar-refractivity contribution in [3.8, 4) is 5.88 Å². The van der Waals surface area contributed by atoms with Crippen LogP contribution in [-0.4, -0.2) is 32.7 Å². The molecule has 0 spiro atoms. The van der Waals surface area contributed by atoms with E-state index in [9.17, 15) is 4.79 Å². The van der Waals surface area contributed by atoms with Crippen molar-refractivity contribution in [2.45, 2.75) is 26.8 Å². The zero-order valence-electron chi connectivity index (χ0n) is 11.5. The highest BCUT2D eigenvalue weighted by atomic mass is 16.5. The van der Waals surface area contributed by atoms with Gasteiger partial charge in [-0.25, -0.2) is 9.97 Å². The van der Waals surface area contributed by atoms with E-state index in [2.05, 4.69) is 25.5 Å². The number of aromatic nitrogens is 4. The van der Waals surface area contributed by atoms with Gasteiger partial charge in [-0.2, -0.15) is 5.10 Å². The lowest BCUT2D eigenvalue weighted by Crippen LogP contribution is -2.24. The first-order chi connectivity index (χ1) is 9.70. The van der Waals surface area contributed by atoms with Gasteiger partial charge in [-0.1, -0.05) is 6.92 Å². The Morgan fingerprint density at radius 1 is 1.45 bits per heavy atom. The van der Waals surface area contributed by atoms with Gasteiger partial charge in [0.25, 0.3) is 5.91 Å². The molecule has 0 radical (unpaired) electrons. The summed E-state index contributed by atoms with van der Waals surface area (Å²) in [6.07, 6.45) is 2.25. The molecule has 1 amide bonds. The number of aromatic amines is 1. The molecule has 0 aliphatic carbocycles. The van der Waals surface area contributed by atoms with E-state index in [-0.39, 0.29) is 12.5 Å². The second-order valence-electron chi connectivity index (χ2n) is 4.27. The molecule has 2 rings (SSSR count). The SMILES string of the molecule is CCCOc1nc(C)ccc1C(=O)NCc1ncn[nH]1. The lowest BCUT2D eigenvalue weighted by Gasteiger charge is -2.10. The van der Waals surface area contributed by atoms with Crippen LogP contribution < -0.4 is 10.1 Å². The summed E-state index contributed by atoms with van der Waals surface area (Å²) in [7, 11) is 0. The first-order valence-electron chi connectivity index (χ1n) is 6.43. The molecule has 2 heterocycles. The molecule has 7 heteroatoms. The van der Waals surface area contributed by atoms with Gasteiger partial charge in [0, 0.05) is 5.69 Å². The average molecular weight is 275 g/mol. The quantitative estimate of drug-likeness (QED) is 0.827. The average Bonchev–Trinajstić information content (AvgIpc) is 2.96. The highest BCUT2D eigenvalue weighted by molar-refractivity contribution is 5.96. The molecule has 0 fully saturated rings. The van der Waals surface area contributed by atoms with Crippen LogP contribution in [0.4, 0.5) is 0 Å². The van der Waals surface area contributed by atoms with Gasteiger partial charge >= 0.3 is 0 Å². The lowest BCUT2D eigenvalue weighted by atomic mass is 10.2. The molecule has 0 aliphatic heterocycles. The largest absolute Gasteiger partial charge is 0.477 e. The molecular weight excluding hydrogens is 258 g/mol. The fourth-order valence-corrected chi connectivity index (χ4v) is 1.59. The van der Waals surface area contributed by atoms with Gasteiger partial charge in [0.1, 0.15) is 17.7 Å². The summed E-state index contributed by atoms with van der Waals surface area (Å²) < 4.78 is 5.52. The first kappa shape index (κ1) is 14.0. The number of hydrogen-bond acceptors (Lipinski definition) is 5. The molecule has 0 unspecified atom stereocenters. The van der Waals surface area contributed by atoms with Gasteiger partial charge in [0.2, 0.25) is 5.88 Å².